The summed E-state index contributed by atoms with van der Waals surface area (Å²) in [5.74, 6) is -0.129. The van der Waals surface area contributed by atoms with E-state index in [4.69, 9.17) is 9.47 Å². The van der Waals surface area contributed by atoms with Crippen molar-refractivity contribution in [2.75, 3.05) is 19.8 Å². The largest absolute Gasteiger partial charge is 0.416 e. The standard InChI is InChI=1S/C23H24F6O3/c24-22(25,26)18-12-15(13-19(14-18)23(27,28)29)7-10-31-21-20(16-4-2-1-3-5-16)17(6-9-30)8-11-32-21/h1-5,12-14,17,20-21,30H,6-11H2/t17-,20+,21-/m0/s1. The molecular formula is C23H24F6O3. The Morgan fingerprint density at radius 2 is 1.56 bits per heavy atom. The van der Waals surface area contributed by atoms with Crippen LogP contribution in [0.3, 0.4) is 0 Å². The Balaban J connectivity index is 1.75. The fourth-order valence-corrected chi connectivity index (χ4v) is 4.04. The molecule has 1 fully saturated rings. The lowest BCUT2D eigenvalue weighted by Crippen LogP contribution is -2.37. The third-order valence-electron chi connectivity index (χ3n) is 5.58. The van der Waals surface area contributed by atoms with Crippen LogP contribution in [0.2, 0.25) is 0 Å². The molecule has 0 radical (unpaired) electrons. The normalized spacial score (nSPS) is 22.2. The first-order chi connectivity index (χ1) is 15.1. The second-order valence-electron chi connectivity index (χ2n) is 7.77. The molecule has 3 nitrogen and oxygen atoms in total. The smallest absolute Gasteiger partial charge is 0.396 e. The van der Waals surface area contributed by atoms with Crippen LogP contribution in [0.4, 0.5) is 26.3 Å². The van der Waals surface area contributed by atoms with E-state index < -0.39 is 29.8 Å². The molecule has 1 aliphatic heterocycles. The maximum atomic E-state index is 13.1. The fraction of sp³-hybridized carbons (Fsp3) is 0.478. The SMILES string of the molecule is OCC[C@H]1CCO[C@H](OCCc2cc(C(F)(F)F)cc(C(F)(F)F)c2)[C@@H]1c1ccccc1. The second kappa shape index (κ2) is 10.2. The first kappa shape index (κ1) is 24.5. The van der Waals surface area contributed by atoms with Gasteiger partial charge in [-0.15, -0.1) is 0 Å². The molecule has 1 aliphatic rings. The van der Waals surface area contributed by atoms with Gasteiger partial charge in [-0.1, -0.05) is 30.3 Å². The summed E-state index contributed by atoms with van der Waals surface area (Å²) >= 11 is 0. The van der Waals surface area contributed by atoms with Crippen LogP contribution in [0.5, 0.6) is 0 Å². The van der Waals surface area contributed by atoms with Crippen LogP contribution in [0.1, 0.15) is 41.0 Å². The summed E-state index contributed by atoms with van der Waals surface area (Å²) in [6.45, 7) is 0.268. The zero-order valence-electron chi connectivity index (χ0n) is 17.1. The minimum atomic E-state index is -4.89. The van der Waals surface area contributed by atoms with Crippen LogP contribution in [0.15, 0.2) is 48.5 Å². The first-order valence-corrected chi connectivity index (χ1v) is 10.3. The molecule has 9 heteroatoms. The Labute approximate surface area is 182 Å². The van der Waals surface area contributed by atoms with Gasteiger partial charge in [0.15, 0.2) is 6.29 Å². The Morgan fingerprint density at radius 3 is 2.12 bits per heavy atom. The van der Waals surface area contributed by atoms with Gasteiger partial charge in [0.25, 0.3) is 0 Å². The van der Waals surface area contributed by atoms with Crippen LogP contribution in [0, 0.1) is 5.92 Å². The highest BCUT2D eigenvalue weighted by molar-refractivity contribution is 5.33. The summed E-state index contributed by atoms with van der Waals surface area (Å²) in [6.07, 6.45) is -9.39. The Morgan fingerprint density at radius 1 is 0.938 bits per heavy atom. The van der Waals surface area contributed by atoms with Crippen molar-refractivity contribution in [3.63, 3.8) is 0 Å². The molecule has 1 heterocycles. The van der Waals surface area contributed by atoms with Gasteiger partial charge in [0.1, 0.15) is 0 Å². The number of hydrogen-bond acceptors (Lipinski definition) is 3. The van der Waals surface area contributed by atoms with Crippen LogP contribution in [-0.4, -0.2) is 31.2 Å². The monoisotopic (exact) mass is 462 g/mol. The molecular weight excluding hydrogens is 438 g/mol. The quantitative estimate of drug-likeness (QED) is 0.528. The van der Waals surface area contributed by atoms with E-state index in [1.165, 1.54) is 0 Å². The predicted molar refractivity (Wildman–Crippen MR) is 105 cm³/mol. The average molecular weight is 462 g/mol. The lowest BCUT2D eigenvalue weighted by molar-refractivity contribution is -0.188. The summed E-state index contributed by atoms with van der Waals surface area (Å²) in [5.41, 5.74) is -1.87. The summed E-state index contributed by atoms with van der Waals surface area (Å²) in [5, 5.41) is 9.41. The van der Waals surface area contributed by atoms with Crippen molar-refractivity contribution < 1.29 is 40.9 Å². The minimum Gasteiger partial charge on any atom is -0.396 e. The summed E-state index contributed by atoms with van der Waals surface area (Å²) < 4.78 is 90.0. The van der Waals surface area contributed by atoms with Gasteiger partial charge in [-0.2, -0.15) is 26.3 Å². The van der Waals surface area contributed by atoms with Gasteiger partial charge < -0.3 is 14.6 Å². The number of ether oxygens (including phenoxy) is 2. The number of benzene rings is 2. The van der Waals surface area contributed by atoms with Gasteiger partial charge in [0.05, 0.1) is 24.3 Å². The van der Waals surface area contributed by atoms with Crippen LogP contribution < -0.4 is 0 Å². The van der Waals surface area contributed by atoms with Gasteiger partial charge in [-0.3, -0.25) is 0 Å². The Kier molecular flexibility index (Phi) is 7.84. The van der Waals surface area contributed by atoms with Crippen molar-refractivity contribution in [1.29, 1.82) is 0 Å². The lowest BCUT2D eigenvalue weighted by Gasteiger charge is -2.38. The molecule has 0 aliphatic carbocycles. The topological polar surface area (TPSA) is 38.7 Å². The number of rotatable bonds is 7. The molecule has 0 spiro atoms. The van der Waals surface area contributed by atoms with E-state index >= 15 is 0 Å². The van der Waals surface area contributed by atoms with Crippen molar-refractivity contribution >= 4 is 0 Å². The Bertz CT molecular complexity index is 832. The highest BCUT2D eigenvalue weighted by atomic mass is 19.4. The van der Waals surface area contributed by atoms with Gasteiger partial charge >= 0.3 is 12.4 Å². The van der Waals surface area contributed by atoms with Crippen molar-refractivity contribution in [2.24, 2.45) is 5.92 Å². The van der Waals surface area contributed by atoms with E-state index in [0.29, 0.717) is 31.6 Å². The molecule has 176 valence electrons. The summed E-state index contributed by atoms with van der Waals surface area (Å²) in [4.78, 5) is 0. The fourth-order valence-electron chi connectivity index (χ4n) is 4.04. The average Bonchev–Trinajstić information content (AvgIpc) is 2.73. The van der Waals surface area contributed by atoms with Gasteiger partial charge in [0, 0.05) is 12.5 Å². The molecule has 32 heavy (non-hydrogen) atoms. The zero-order valence-corrected chi connectivity index (χ0v) is 17.1. The van der Waals surface area contributed by atoms with Gasteiger partial charge in [-0.25, -0.2) is 0 Å². The van der Waals surface area contributed by atoms with Crippen molar-refractivity contribution in [1.82, 2.24) is 0 Å². The third kappa shape index (κ3) is 6.24. The number of hydrogen-bond donors (Lipinski definition) is 1. The molecule has 1 saturated heterocycles. The van der Waals surface area contributed by atoms with Crippen molar-refractivity contribution in [2.45, 2.75) is 43.8 Å². The first-order valence-electron chi connectivity index (χ1n) is 10.3. The maximum absolute atomic E-state index is 13.1. The van der Waals surface area contributed by atoms with E-state index in [-0.39, 0.29) is 43.1 Å². The van der Waals surface area contributed by atoms with Crippen molar-refractivity contribution in [3.05, 3.63) is 70.8 Å². The number of halogens is 6. The van der Waals surface area contributed by atoms with Crippen molar-refractivity contribution in [3.8, 4) is 0 Å². The van der Waals surface area contributed by atoms with Crippen LogP contribution in [-0.2, 0) is 28.2 Å². The molecule has 3 rings (SSSR count). The van der Waals surface area contributed by atoms with E-state index in [2.05, 4.69) is 0 Å². The molecule has 3 atom stereocenters. The maximum Gasteiger partial charge on any atom is 0.416 e. The number of alkyl halides is 6. The van der Waals surface area contributed by atoms with Crippen LogP contribution in [0.25, 0.3) is 0 Å². The number of aliphatic hydroxyl groups excluding tert-OH is 1. The predicted octanol–water partition coefficient (Wildman–Crippen LogP) is 5.81. The van der Waals surface area contributed by atoms with Gasteiger partial charge in [-0.05, 0) is 54.5 Å². The lowest BCUT2D eigenvalue weighted by atomic mass is 9.80. The summed E-state index contributed by atoms with van der Waals surface area (Å²) in [6, 6.07) is 10.9. The zero-order chi connectivity index (χ0) is 23.4. The van der Waals surface area contributed by atoms with E-state index in [1.807, 2.05) is 30.3 Å². The van der Waals surface area contributed by atoms with E-state index in [9.17, 15) is 31.4 Å². The molecule has 2 aromatic carbocycles. The molecule has 1 N–H and O–H groups in total. The Hall–Kier alpha value is -2.10. The molecule has 0 bridgehead atoms. The van der Waals surface area contributed by atoms with Gasteiger partial charge in [0.2, 0.25) is 0 Å². The van der Waals surface area contributed by atoms with Crippen LogP contribution >= 0.6 is 0 Å². The summed E-state index contributed by atoms with van der Waals surface area (Å²) in [7, 11) is 0. The molecule has 0 amide bonds. The minimum absolute atomic E-state index is 0.00876. The molecule has 0 saturated carbocycles. The molecule has 0 unspecified atom stereocenters. The second-order valence-corrected chi connectivity index (χ2v) is 7.77. The molecule has 0 aromatic heterocycles. The molecule has 2 aromatic rings. The van der Waals surface area contributed by atoms with E-state index in [1.54, 1.807) is 0 Å². The third-order valence-corrected chi connectivity index (χ3v) is 5.58. The highest BCUT2D eigenvalue weighted by Gasteiger charge is 2.38. The number of aliphatic hydroxyl groups is 1. The highest BCUT2D eigenvalue weighted by Crippen LogP contribution is 2.39. The van der Waals surface area contributed by atoms with E-state index in [0.717, 1.165) is 5.56 Å².